The zero-order chi connectivity index (χ0) is 14.8. The summed E-state index contributed by atoms with van der Waals surface area (Å²) in [5.74, 6) is -0.337. The quantitative estimate of drug-likeness (QED) is 0.837. The predicted molar refractivity (Wildman–Crippen MR) is 79.0 cm³/mol. The van der Waals surface area contributed by atoms with E-state index < -0.39 is 5.97 Å². The summed E-state index contributed by atoms with van der Waals surface area (Å²) in [6, 6.07) is 0.0232. The van der Waals surface area contributed by atoms with Gasteiger partial charge in [-0.3, -0.25) is 4.79 Å². The molecule has 3 fully saturated rings. The number of amides is 2. The molecular weight excluding hydrogens is 268 g/mol. The highest BCUT2D eigenvalue weighted by Crippen LogP contribution is 2.41. The fourth-order valence-electron chi connectivity index (χ4n) is 4.52. The van der Waals surface area contributed by atoms with Crippen molar-refractivity contribution in [2.45, 2.75) is 69.9 Å². The number of hydrogen-bond acceptors (Lipinski definition) is 2. The van der Waals surface area contributed by atoms with Crippen LogP contribution in [0.25, 0.3) is 0 Å². The maximum atomic E-state index is 12.3. The molecule has 21 heavy (non-hydrogen) atoms. The van der Waals surface area contributed by atoms with Gasteiger partial charge in [-0.1, -0.05) is 32.1 Å². The normalized spacial score (nSPS) is 32.4. The van der Waals surface area contributed by atoms with E-state index in [1.165, 1.54) is 32.1 Å². The summed E-state index contributed by atoms with van der Waals surface area (Å²) in [6.45, 7) is 0.733. The minimum absolute atomic E-state index is 0.0398. The van der Waals surface area contributed by atoms with Crippen molar-refractivity contribution in [3.8, 4) is 0 Å². The van der Waals surface area contributed by atoms with E-state index in [0.29, 0.717) is 6.42 Å². The third-order valence-corrected chi connectivity index (χ3v) is 5.64. The molecule has 2 amide bonds. The minimum Gasteiger partial charge on any atom is -0.481 e. The van der Waals surface area contributed by atoms with Crippen LogP contribution in [0.5, 0.6) is 0 Å². The molecule has 3 rings (SSSR count). The van der Waals surface area contributed by atoms with Crippen molar-refractivity contribution in [2.75, 3.05) is 6.54 Å². The van der Waals surface area contributed by atoms with Crippen molar-refractivity contribution < 1.29 is 14.7 Å². The van der Waals surface area contributed by atoms with E-state index in [1.54, 1.807) is 0 Å². The van der Waals surface area contributed by atoms with Crippen molar-refractivity contribution in [3.63, 3.8) is 0 Å². The highest BCUT2D eigenvalue weighted by atomic mass is 16.4. The van der Waals surface area contributed by atoms with Gasteiger partial charge in [-0.25, -0.2) is 4.79 Å². The molecule has 0 aromatic heterocycles. The van der Waals surface area contributed by atoms with Crippen LogP contribution in [-0.2, 0) is 4.79 Å². The second-order valence-corrected chi connectivity index (χ2v) is 6.91. The van der Waals surface area contributed by atoms with Crippen LogP contribution >= 0.6 is 0 Å². The van der Waals surface area contributed by atoms with Crippen molar-refractivity contribution >= 4 is 12.0 Å². The van der Waals surface area contributed by atoms with Gasteiger partial charge in [0.05, 0.1) is 5.92 Å². The Morgan fingerprint density at radius 2 is 1.86 bits per heavy atom. The largest absolute Gasteiger partial charge is 0.481 e. The average Bonchev–Trinajstić information content (AvgIpc) is 3.06. The van der Waals surface area contributed by atoms with E-state index in [1.807, 2.05) is 4.90 Å². The molecule has 3 unspecified atom stereocenters. The summed E-state index contributed by atoms with van der Waals surface area (Å²) in [5, 5.41) is 12.2. The molecule has 2 bridgehead atoms. The van der Waals surface area contributed by atoms with E-state index in [4.69, 9.17) is 0 Å². The number of nitrogens with one attached hydrogen (secondary N) is 1. The molecule has 0 aromatic carbocycles. The first-order chi connectivity index (χ1) is 10.2. The number of carboxylic acid groups (broad SMARTS) is 1. The summed E-state index contributed by atoms with van der Waals surface area (Å²) in [4.78, 5) is 25.4. The standard InChI is InChI=1S/C16H26N2O3/c19-15(20)13-10-12-6-7-14(13)18(12)16(21)17-9-8-11-4-2-1-3-5-11/h11-14H,1-10H2,(H,17,21)(H,19,20). The van der Waals surface area contributed by atoms with Gasteiger partial charge in [0.2, 0.25) is 0 Å². The number of carbonyl (C=O) groups excluding carboxylic acids is 1. The molecule has 1 saturated carbocycles. The molecule has 3 aliphatic rings. The Morgan fingerprint density at radius 1 is 1.10 bits per heavy atom. The lowest BCUT2D eigenvalue weighted by Crippen LogP contribution is -2.44. The smallest absolute Gasteiger partial charge is 0.317 e. The molecule has 3 atom stereocenters. The van der Waals surface area contributed by atoms with Crippen LogP contribution in [0.4, 0.5) is 4.79 Å². The van der Waals surface area contributed by atoms with Gasteiger partial charge in [-0.15, -0.1) is 0 Å². The molecule has 5 heteroatoms. The summed E-state index contributed by atoms with van der Waals surface area (Å²) in [7, 11) is 0. The van der Waals surface area contributed by atoms with Crippen LogP contribution < -0.4 is 5.32 Å². The van der Waals surface area contributed by atoms with Gasteiger partial charge in [0.15, 0.2) is 0 Å². The summed E-state index contributed by atoms with van der Waals surface area (Å²) < 4.78 is 0. The Hall–Kier alpha value is -1.26. The molecule has 2 heterocycles. The molecule has 2 aliphatic heterocycles. The van der Waals surface area contributed by atoms with Crippen molar-refractivity contribution in [3.05, 3.63) is 0 Å². The Bertz CT molecular complexity index is 406. The van der Waals surface area contributed by atoms with Gasteiger partial charge in [-0.05, 0) is 31.6 Å². The SMILES string of the molecule is O=C(O)C1CC2CCC1N2C(=O)NCCC1CCCCC1. The monoisotopic (exact) mass is 294 g/mol. The van der Waals surface area contributed by atoms with Crippen LogP contribution in [0.1, 0.15) is 57.8 Å². The van der Waals surface area contributed by atoms with Crippen molar-refractivity contribution in [2.24, 2.45) is 11.8 Å². The second kappa shape index (κ2) is 6.24. The summed E-state index contributed by atoms with van der Waals surface area (Å²) in [5.41, 5.74) is 0. The van der Waals surface area contributed by atoms with Gasteiger partial charge in [0.25, 0.3) is 0 Å². The first-order valence-electron chi connectivity index (χ1n) is 8.46. The number of carbonyl (C=O) groups is 2. The second-order valence-electron chi connectivity index (χ2n) is 6.91. The van der Waals surface area contributed by atoms with E-state index in [9.17, 15) is 14.7 Å². The Balaban J connectivity index is 1.46. The molecule has 0 radical (unpaired) electrons. The molecule has 2 N–H and O–H groups in total. The molecule has 0 spiro atoms. The number of rotatable bonds is 4. The number of fused-ring (bicyclic) bond motifs is 2. The molecule has 0 aromatic rings. The van der Waals surface area contributed by atoms with Crippen molar-refractivity contribution in [1.82, 2.24) is 10.2 Å². The number of carboxylic acids is 1. The zero-order valence-electron chi connectivity index (χ0n) is 12.6. The number of urea groups is 1. The number of nitrogens with zero attached hydrogens (tertiary/aromatic N) is 1. The summed E-state index contributed by atoms with van der Waals surface area (Å²) in [6.07, 6.45) is 10.1. The first kappa shape index (κ1) is 14.7. The summed E-state index contributed by atoms with van der Waals surface area (Å²) >= 11 is 0. The minimum atomic E-state index is -0.748. The maximum Gasteiger partial charge on any atom is 0.317 e. The van der Waals surface area contributed by atoms with Gasteiger partial charge in [0, 0.05) is 18.6 Å². The topological polar surface area (TPSA) is 69.6 Å². The van der Waals surface area contributed by atoms with E-state index >= 15 is 0 Å². The highest BCUT2D eigenvalue weighted by Gasteiger charge is 2.51. The van der Waals surface area contributed by atoms with Gasteiger partial charge >= 0.3 is 12.0 Å². The van der Waals surface area contributed by atoms with Crippen LogP contribution in [0.2, 0.25) is 0 Å². The maximum absolute atomic E-state index is 12.3. The highest BCUT2D eigenvalue weighted by molar-refractivity contribution is 5.79. The van der Waals surface area contributed by atoms with Gasteiger partial charge < -0.3 is 15.3 Å². The van der Waals surface area contributed by atoms with Crippen molar-refractivity contribution in [1.29, 1.82) is 0 Å². The lowest BCUT2D eigenvalue weighted by molar-refractivity contribution is -0.142. The molecular formula is C16H26N2O3. The Kier molecular flexibility index (Phi) is 4.36. The van der Waals surface area contributed by atoms with Crippen LogP contribution in [0.3, 0.4) is 0 Å². The fourth-order valence-corrected chi connectivity index (χ4v) is 4.52. The predicted octanol–water partition coefficient (Wildman–Crippen LogP) is 2.60. The molecule has 2 saturated heterocycles. The zero-order valence-corrected chi connectivity index (χ0v) is 12.6. The molecule has 118 valence electrons. The van der Waals surface area contributed by atoms with Crippen LogP contribution in [0.15, 0.2) is 0 Å². The fraction of sp³-hybridized carbons (Fsp3) is 0.875. The van der Waals surface area contributed by atoms with Crippen LogP contribution in [0, 0.1) is 11.8 Å². The number of hydrogen-bond donors (Lipinski definition) is 2. The van der Waals surface area contributed by atoms with E-state index in [-0.39, 0.29) is 24.0 Å². The average molecular weight is 294 g/mol. The molecule has 5 nitrogen and oxygen atoms in total. The number of aliphatic carboxylic acids is 1. The van der Waals surface area contributed by atoms with Gasteiger partial charge in [0.1, 0.15) is 0 Å². The Labute approximate surface area is 126 Å². The van der Waals surface area contributed by atoms with Gasteiger partial charge in [-0.2, -0.15) is 0 Å². The lowest BCUT2D eigenvalue weighted by Gasteiger charge is -2.25. The third-order valence-electron chi connectivity index (χ3n) is 5.64. The lowest BCUT2D eigenvalue weighted by atomic mass is 9.87. The van der Waals surface area contributed by atoms with Crippen LogP contribution in [-0.4, -0.2) is 40.6 Å². The van der Waals surface area contributed by atoms with E-state index in [2.05, 4.69) is 5.32 Å². The van der Waals surface area contributed by atoms with E-state index in [0.717, 1.165) is 31.7 Å². The first-order valence-corrected chi connectivity index (χ1v) is 8.46. The third kappa shape index (κ3) is 3.01. The Morgan fingerprint density at radius 3 is 2.52 bits per heavy atom. The molecule has 1 aliphatic carbocycles.